The van der Waals surface area contributed by atoms with Gasteiger partial charge in [-0.15, -0.1) is 0 Å². The first kappa shape index (κ1) is 19.5. The zero-order valence-electron chi connectivity index (χ0n) is 16.3. The molecule has 0 bridgehead atoms. The Bertz CT molecular complexity index is 604. The zero-order chi connectivity index (χ0) is 18.6. The summed E-state index contributed by atoms with van der Waals surface area (Å²) in [6.07, 6.45) is 1.54. The minimum Gasteiger partial charge on any atom is -0.343 e. The Kier molecular flexibility index (Phi) is 6.63. The van der Waals surface area contributed by atoms with E-state index in [9.17, 15) is 9.59 Å². The van der Waals surface area contributed by atoms with E-state index >= 15 is 0 Å². The largest absolute Gasteiger partial charge is 0.343 e. The van der Waals surface area contributed by atoms with Crippen molar-refractivity contribution in [2.45, 2.75) is 53.5 Å². The quantitative estimate of drug-likeness (QED) is 0.815. The number of carbonyl (C=O) groups excluding carboxylic acids is 2. The van der Waals surface area contributed by atoms with Crippen LogP contribution in [0.3, 0.4) is 0 Å². The third-order valence-corrected chi connectivity index (χ3v) is 5.24. The van der Waals surface area contributed by atoms with Gasteiger partial charge >= 0.3 is 0 Å². The summed E-state index contributed by atoms with van der Waals surface area (Å²) in [5, 5.41) is 0. The van der Waals surface area contributed by atoms with Crippen LogP contribution < -0.4 is 0 Å². The Balaban J connectivity index is 2.15. The molecule has 0 saturated carbocycles. The van der Waals surface area contributed by atoms with E-state index in [1.54, 1.807) is 6.92 Å². The molecule has 0 aromatic heterocycles. The summed E-state index contributed by atoms with van der Waals surface area (Å²) in [6, 6.07) is 8.38. The van der Waals surface area contributed by atoms with E-state index in [4.69, 9.17) is 0 Å². The molecule has 1 aromatic carbocycles. The molecule has 2 rings (SSSR count). The maximum absolute atomic E-state index is 13.3. The van der Waals surface area contributed by atoms with E-state index in [-0.39, 0.29) is 23.8 Å². The van der Waals surface area contributed by atoms with Gasteiger partial charge in [0.05, 0.1) is 6.04 Å². The van der Waals surface area contributed by atoms with Crippen molar-refractivity contribution in [1.29, 1.82) is 0 Å². The molecule has 25 heavy (non-hydrogen) atoms. The van der Waals surface area contributed by atoms with Gasteiger partial charge in [-0.1, -0.05) is 38.1 Å². The fourth-order valence-electron chi connectivity index (χ4n) is 3.73. The number of hydrogen-bond acceptors (Lipinski definition) is 2. The van der Waals surface area contributed by atoms with Crippen molar-refractivity contribution in [2.75, 3.05) is 19.6 Å². The zero-order valence-corrected chi connectivity index (χ0v) is 16.3. The van der Waals surface area contributed by atoms with Gasteiger partial charge < -0.3 is 9.80 Å². The number of aryl methyl sites for hydroxylation is 1. The van der Waals surface area contributed by atoms with Crippen LogP contribution in [0.25, 0.3) is 0 Å². The lowest BCUT2D eigenvalue weighted by Gasteiger charge is -2.37. The number of piperidine rings is 1. The molecule has 138 valence electrons. The second-order valence-corrected chi connectivity index (χ2v) is 7.70. The lowest BCUT2D eigenvalue weighted by Crippen LogP contribution is -2.45. The summed E-state index contributed by atoms with van der Waals surface area (Å²) >= 11 is 0. The van der Waals surface area contributed by atoms with Crippen LogP contribution in [0.4, 0.5) is 0 Å². The fourth-order valence-corrected chi connectivity index (χ4v) is 3.73. The first-order chi connectivity index (χ1) is 11.8. The smallest absolute Gasteiger partial charge is 0.226 e. The third kappa shape index (κ3) is 4.83. The molecule has 1 fully saturated rings. The highest BCUT2D eigenvalue weighted by Gasteiger charge is 2.32. The van der Waals surface area contributed by atoms with Crippen LogP contribution in [-0.2, 0) is 9.59 Å². The maximum Gasteiger partial charge on any atom is 0.226 e. The average Bonchev–Trinajstić information content (AvgIpc) is 2.59. The number of rotatable bonds is 5. The van der Waals surface area contributed by atoms with Crippen LogP contribution in [0.5, 0.6) is 0 Å². The van der Waals surface area contributed by atoms with E-state index in [2.05, 4.69) is 44.7 Å². The Morgan fingerprint density at radius 1 is 1.16 bits per heavy atom. The fraction of sp³-hybridized carbons (Fsp3) is 0.619. The summed E-state index contributed by atoms with van der Waals surface area (Å²) < 4.78 is 0. The standard InChI is InChI=1S/C21H32N2O2/c1-15(2)14-23(17(4)20-9-7-6-8-16(20)3)21(25)19-10-12-22(13-11-19)18(5)24/h6-9,15,17,19H,10-14H2,1-5H3/t17-/m1/s1. The van der Waals surface area contributed by atoms with Crippen molar-refractivity contribution in [3.05, 3.63) is 35.4 Å². The summed E-state index contributed by atoms with van der Waals surface area (Å²) in [4.78, 5) is 28.7. The van der Waals surface area contributed by atoms with Gasteiger partial charge in [0.2, 0.25) is 11.8 Å². The van der Waals surface area contributed by atoms with Gasteiger partial charge in [0.1, 0.15) is 0 Å². The molecular weight excluding hydrogens is 312 g/mol. The van der Waals surface area contributed by atoms with Gasteiger partial charge in [0, 0.05) is 32.5 Å². The van der Waals surface area contributed by atoms with Gasteiger partial charge in [0.15, 0.2) is 0 Å². The molecular formula is C21H32N2O2. The van der Waals surface area contributed by atoms with Crippen molar-refractivity contribution in [1.82, 2.24) is 9.80 Å². The van der Waals surface area contributed by atoms with Crippen molar-refractivity contribution in [3.8, 4) is 0 Å². The molecule has 4 heteroatoms. The summed E-state index contributed by atoms with van der Waals surface area (Å²) in [5.74, 6) is 0.805. The molecule has 0 spiro atoms. The molecule has 1 aliphatic rings. The van der Waals surface area contributed by atoms with Crippen molar-refractivity contribution < 1.29 is 9.59 Å². The summed E-state index contributed by atoms with van der Waals surface area (Å²) in [6.45, 7) is 12.3. The molecule has 1 heterocycles. The van der Waals surface area contributed by atoms with E-state index in [0.717, 1.165) is 19.4 Å². The van der Waals surface area contributed by atoms with Crippen LogP contribution in [-0.4, -0.2) is 41.2 Å². The van der Waals surface area contributed by atoms with Gasteiger partial charge in [0.25, 0.3) is 0 Å². The Morgan fingerprint density at radius 3 is 2.28 bits per heavy atom. The van der Waals surface area contributed by atoms with E-state index in [1.165, 1.54) is 11.1 Å². The number of likely N-dealkylation sites (tertiary alicyclic amines) is 1. The Hall–Kier alpha value is -1.84. The molecule has 1 aliphatic heterocycles. The molecule has 1 atom stereocenters. The van der Waals surface area contributed by atoms with E-state index in [1.807, 2.05) is 17.0 Å². The minimum atomic E-state index is 0.0285. The minimum absolute atomic E-state index is 0.0285. The van der Waals surface area contributed by atoms with Crippen LogP contribution in [0, 0.1) is 18.8 Å². The monoisotopic (exact) mass is 344 g/mol. The second kappa shape index (κ2) is 8.50. The molecule has 0 radical (unpaired) electrons. The van der Waals surface area contributed by atoms with Crippen LogP contribution in [0.1, 0.15) is 57.7 Å². The highest BCUT2D eigenvalue weighted by Crippen LogP contribution is 2.28. The number of amides is 2. The van der Waals surface area contributed by atoms with E-state index in [0.29, 0.717) is 19.0 Å². The first-order valence-electron chi connectivity index (χ1n) is 9.42. The van der Waals surface area contributed by atoms with Crippen LogP contribution in [0.2, 0.25) is 0 Å². The number of benzene rings is 1. The Morgan fingerprint density at radius 2 is 1.76 bits per heavy atom. The summed E-state index contributed by atoms with van der Waals surface area (Å²) in [7, 11) is 0. The number of hydrogen-bond donors (Lipinski definition) is 0. The predicted molar refractivity (Wildman–Crippen MR) is 101 cm³/mol. The topological polar surface area (TPSA) is 40.6 Å². The summed E-state index contributed by atoms with van der Waals surface area (Å²) in [5.41, 5.74) is 2.45. The maximum atomic E-state index is 13.3. The van der Waals surface area contributed by atoms with Crippen LogP contribution in [0.15, 0.2) is 24.3 Å². The third-order valence-electron chi connectivity index (χ3n) is 5.24. The van der Waals surface area contributed by atoms with Crippen molar-refractivity contribution in [2.24, 2.45) is 11.8 Å². The SMILES string of the molecule is CC(=O)N1CCC(C(=O)N(CC(C)C)[C@H](C)c2ccccc2C)CC1. The highest BCUT2D eigenvalue weighted by molar-refractivity contribution is 5.80. The number of carbonyl (C=O) groups is 2. The molecule has 0 unspecified atom stereocenters. The molecule has 4 nitrogen and oxygen atoms in total. The number of nitrogens with zero attached hydrogens (tertiary/aromatic N) is 2. The van der Waals surface area contributed by atoms with Crippen molar-refractivity contribution in [3.63, 3.8) is 0 Å². The molecule has 1 saturated heterocycles. The van der Waals surface area contributed by atoms with E-state index < -0.39 is 0 Å². The normalized spacial score (nSPS) is 16.8. The predicted octanol–water partition coefficient (Wildman–Crippen LogP) is 3.80. The Labute approximate surface area is 152 Å². The van der Waals surface area contributed by atoms with Gasteiger partial charge in [-0.3, -0.25) is 9.59 Å². The van der Waals surface area contributed by atoms with Crippen molar-refractivity contribution >= 4 is 11.8 Å². The lowest BCUT2D eigenvalue weighted by atomic mass is 9.92. The second-order valence-electron chi connectivity index (χ2n) is 7.70. The van der Waals surface area contributed by atoms with Gasteiger partial charge in [-0.25, -0.2) is 0 Å². The molecule has 0 aliphatic carbocycles. The molecule has 1 aromatic rings. The lowest BCUT2D eigenvalue weighted by molar-refractivity contribution is -0.142. The molecule has 0 N–H and O–H groups in total. The van der Waals surface area contributed by atoms with Gasteiger partial charge in [-0.05, 0) is 43.7 Å². The van der Waals surface area contributed by atoms with Gasteiger partial charge in [-0.2, -0.15) is 0 Å². The van der Waals surface area contributed by atoms with Crippen LogP contribution >= 0.6 is 0 Å². The average molecular weight is 344 g/mol. The molecule has 2 amide bonds. The highest BCUT2D eigenvalue weighted by atomic mass is 16.2. The first-order valence-corrected chi connectivity index (χ1v) is 9.42.